The Hall–Kier alpha value is -2.67. The summed E-state index contributed by atoms with van der Waals surface area (Å²) >= 11 is 0. The number of rotatable bonds is 8. The number of carbonyl (C=O) groups excluding carboxylic acids is 2. The van der Waals surface area contributed by atoms with E-state index in [0.717, 1.165) is 17.8 Å². The molecule has 7 heteroatoms. The Balaban J connectivity index is 1.57. The van der Waals surface area contributed by atoms with Gasteiger partial charge in [-0.25, -0.2) is 4.68 Å². The summed E-state index contributed by atoms with van der Waals surface area (Å²) in [6.07, 6.45) is 2.96. The summed E-state index contributed by atoms with van der Waals surface area (Å²) in [5, 5.41) is 7.11. The van der Waals surface area contributed by atoms with Gasteiger partial charge in [0.25, 0.3) is 5.91 Å². The highest BCUT2D eigenvalue weighted by Gasteiger charge is 2.24. The van der Waals surface area contributed by atoms with Crippen molar-refractivity contribution in [3.05, 3.63) is 47.7 Å². The lowest BCUT2D eigenvalue weighted by atomic mass is 10.1. The van der Waals surface area contributed by atoms with E-state index < -0.39 is 0 Å². The number of hydrogen-bond acceptors (Lipinski definition) is 4. The number of benzene rings is 1. The van der Waals surface area contributed by atoms with Crippen molar-refractivity contribution >= 4 is 17.6 Å². The summed E-state index contributed by atoms with van der Waals surface area (Å²) < 4.78 is 7.09. The van der Waals surface area contributed by atoms with Gasteiger partial charge in [-0.2, -0.15) is 5.10 Å². The summed E-state index contributed by atoms with van der Waals surface area (Å²) in [5.74, 6) is 0.812. The maximum absolute atomic E-state index is 12.2. The third-order valence-corrected chi connectivity index (χ3v) is 4.32. The van der Waals surface area contributed by atoms with Crippen molar-refractivity contribution in [2.75, 3.05) is 24.7 Å². The van der Waals surface area contributed by atoms with Gasteiger partial charge >= 0.3 is 0 Å². The number of nitrogens with zero attached hydrogens (tertiary/aromatic N) is 3. The number of fused-ring (bicyclic) bond motifs is 1. The van der Waals surface area contributed by atoms with Gasteiger partial charge in [-0.05, 0) is 31.0 Å². The van der Waals surface area contributed by atoms with Crippen molar-refractivity contribution in [1.82, 2.24) is 15.1 Å². The van der Waals surface area contributed by atoms with E-state index in [4.69, 9.17) is 4.74 Å². The fraction of sp³-hybridized carbons (Fsp3) is 0.421. The predicted molar refractivity (Wildman–Crippen MR) is 97.9 cm³/mol. The minimum atomic E-state index is -0.0971. The van der Waals surface area contributed by atoms with Crippen molar-refractivity contribution in [3.63, 3.8) is 0 Å². The number of anilines is 1. The number of amides is 2. The smallest absolute Gasteiger partial charge is 0.251 e. The molecular weight excluding hydrogens is 332 g/mol. The molecule has 0 bridgehead atoms. The van der Waals surface area contributed by atoms with Crippen LogP contribution in [0.3, 0.4) is 0 Å². The highest BCUT2D eigenvalue weighted by Crippen LogP contribution is 2.22. The van der Waals surface area contributed by atoms with Gasteiger partial charge in [0.2, 0.25) is 5.91 Å². The second kappa shape index (κ2) is 8.62. The van der Waals surface area contributed by atoms with Crippen LogP contribution in [0.25, 0.3) is 0 Å². The second-order valence-corrected chi connectivity index (χ2v) is 6.15. The molecule has 1 aromatic carbocycles. The Morgan fingerprint density at radius 2 is 2.08 bits per heavy atom. The SMILES string of the molecule is CCOCCCNC(=O)c1ccc(CN2C(=O)CCn3nccc32)cc1. The molecule has 0 saturated carbocycles. The molecule has 0 spiro atoms. The van der Waals surface area contributed by atoms with E-state index in [1.807, 2.05) is 29.8 Å². The molecule has 26 heavy (non-hydrogen) atoms. The summed E-state index contributed by atoms with van der Waals surface area (Å²) in [6.45, 7) is 4.98. The van der Waals surface area contributed by atoms with Crippen molar-refractivity contribution < 1.29 is 14.3 Å². The lowest BCUT2D eigenvalue weighted by Crippen LogP contribution is -2.36. The van der Waals surface area contributed by atoms with Crippen LogP contribution in [0.5, 0.6) is 0 Å². The summed E-state index contributed by atoms with van der Waals surface area (Å²) in [7, 11) is 0. The lowest BCUT2D eigenvalue weighted by molar-refractivity contribution is -0.119. The highest BCUT2D eigenvalue weighted by molar-refractivity contribution is 5.95. The van der Waals surface area contributed by atoms with Gasteiger partial charge in [0, 0.05) is 37.8 Å². The highest BCUT2D eigenvalue weighted by atomic mass is 16.5. The topological polar surface area (TPSA) is 76.5 Å². The van der Waals surface area contributed by atoms with Crippen molar-refractivity contribution in [3.8, 4) is 0 Å². The van der Waals surface area contributed by atoms with Crippen LogP contribution in [0, 0.1) is 0 Å². The van der Waals surface area contributed by atoms with Gasteiger partial charge in [-0.1, -0.05) is 12.1 Å². The largest absolute Gasteiger partial charge is 0.382 e. The minimum absolute atomic E-state index is 0.0918. The molecule has 2 aromatic rings. The third kappa shape index (κ3) is 4.29. The molecule has 0 radical (unpaired) electrons. The Labute approximate surface area is 152 Å². The Morgan fingerprint density at radius 1 is 1.27 bits per heavy atom. The standard InChI is InChI=1S/C19H24N4O3/c1-2-26-13-3-10-20-19(25)16-6-4-15(5-7-16)14-22-17-8-11-21-23(17)12-9-18(22)24/h4-8,11H,2-3,9-10,12-14H2,1H3,(H,20,25). The molecular formula is C19H24N4O3. The Bertz CT molecular complexity index is 754. The number of aryl methyl sites for hydroxylation is 1. The molecule has 1 N–H and O–H groups in total. The van der Waals surface area contributed by atoms with Crippen molar-refractivity contribution in [1.29, 1.82) is 0 Å². The molecule has 3 rings (SSSR count). The molecule has 1 aliphatic heterocycles. The average molecular weight is 356 g/mol. The number of aromatic nitrogens is 2. The van der Waals surface area contributed by atoms with Gasteiger partial charge < -0.3 is 10.1 Å². The lowest BCUT2D eigenvalue weighted by Gasteiger charge is -2.27. The summed E-state index contributed by atoms with van der Waals surface area (Å²) in [4.78, 5) is 26.1. The van der Waals surface area contributed by atoms with Gasteiger partial charge in [-0.3, -0.25) is 14.5 Å². The number of ether oxygens (including phenoxy) is 1. The molecule has 0 aliphatic carbocycles. The van der Waals surface area contributed by atoms with Gasteiger partial charge in [-0.15, -0.1) is 0 Å². The molecule has 0 fully saturated rings. The van der Waals surface area contributed by atoms with E-state index in [-0.39, 0.29) is 11.8 Å². The van der Waals surface area contributed by atoms with Gasteiger partial charge in [0.15, 0.2) is 0 Å². The third-order valence-electron chi connectivity index (χ3n) is 4.32. The van der Waals surface area contributed by atoms with Crippen LogP contribution in [-0.4, -0.2) is 41.4 Å². The number of nitrogens with one attached hydrogen (secondary N) is 1. The zero-order valence-corrected chi connectivity index (χ0v) is 15.0. The van der Waals surface area contributed by atoms with E-state index >= 15 is 0 Å². The first-order valence-corrected chi connectivity index (χ1v) is 8.96. The Morgan fingerprint density at radius 3 is 2.85 bits per heavy atom. The monoisotopic (exact) mass is 356 g/mol. The van der Waals surface area contributed by atoms with Crippen LogP contribution in [-0.2, 0) is 22.6 Å². The predicted octanol–water partition coefficient (Wildman–Crippen LogP) is 1.98. The van der Waals surface area contributed by atoms with Gasteiger partial charge in [0.1, 0.15) is 5.82 Å². The quantitative estimate of drug-likeness (QED) is 0.734. The molecule has 7 nitrogen and oxygen atoms in total. The van der Waals surface area contributed by atoms with E-state index in [0.29, 0.717) is 44.8 Å². The average Bonchev–Trinajstić information content (AvgIpc) is 3.13. The second-order valence-electron chi connectivity index (χ2n) is 6.15. The molecule has 1 aliphatic rings. The zero-order valence-electron chi connectivity index (χ0n) is 15.0. The van der Waals surface area contributed by atoms with Crippen molar-refractivity contribution in [2.45, 2.75) is 32.9 Å². The van der Waals surface area contributed by atoms with Crippen LogP contribution in [0.2, 0.25) is 0 Å². The van der Waals surface area contributed by atoms with Crippen LogP contribution < -0.4 is 10.2 Å². The molecule has 0 saturated heterocycles. The minimum Gasteiger partial charge on any atom is -0.382 e. The molecule has 2 amide bonds. The molecule has 138 valence electrons. The van der Waals surface area contributed by atoms with E-state index in [1.165, 1.54) is 0 Å². The summed E-state index contributed by atoms with van der Waals surface area (Å²) in [5.41, 5.74) is 1.58. The van der Waals surface area contributed by atoms with E-state index in [9.17, 15) is 9.59 Å². The summed E-state index contributed by atoms with van der Waals surface area (Å²) in [6, 6.07) is 9.20. The maximum atomic E-state index is 12.2. The molecule has 0 unspecified atom stereocenters. The molecule has 2 heterocycles. The number of carbonyl (C=O) groups is 2. The zero-order chi connectivity index (χ0) is 18.4. The maximum Gasteiger partial charge on any atom is 0.251 e. The van der Waals surface area contributed by atoms with E-state index in [1.54, 1.807) is 23.2 Å². The molecule has 1 aromatic heterocycles. The van der Waals surface area contributed by atoms with Crippen LogP contribution in [0.15, 0.2) is 36.5 Å². The van der Waals surface area contributed by atoms with Crippen LogP contribution in [0.4, 0.5) is 5.82 Å². The van der Waals surface area contributed by atoms with Crippen molar-refractivity contribution in [2.24, 2.45) is 0 Å². The van der Waals surface area contributed by atoms with Crippen LogP contribution in [0.1, 0.15) is 35.7 Å². The van der Waals surface area contributed by atoms with Gasteiger partial charge in [0.05, 0.1) is 19.3 Å². The fourth-order valence-electron chi connectivity index (χ4n) is 2.93. The first-order chi connectivity index (χ1) is 12.7. The first kappa shape index (κ1) is 18.1. The first-order valence-electron chi connectivity index (χ1n) is 8.96. The number of hydrogen-bond donors (Lipinski definition) is 1. The Kier molecular flexibility index (Phi) is 6.01. The fourth-order valence-corrected chi connectivity index (χ4v) is 2.93. The normalized spacial score (nSPS) is 13.6. The molecule has 0 atom stereocenters. The van der Waals surface area contributed by atoms with E-state index in [2.05, 4.69) is 10.4 Å². The van der Waals surface area contributed by atoms with Crippen LogP contribution >= 0.6 is 0 Å².